The van der Waals surface area contributed by atoms with Gasteiger partial charge in [0.1, 0.15) is 5.56 Å². The standard InChI is InChI=1S/C22H24N4O2/c1-15-9-12-26(14-16-5-3-10-23-13-16)22(28)20(15)21(27)25-19-8-2-7-18-17(19)6-4-11-24-18/h2,4,6-9,11-12,16,23H,3,5,10,13-14H2,1H3,(H,25,27). The topological polar surface area (TPSA) is 76.0 Å². The van der Waals surface area contributed by atoms with Gasteiger partial charge >= 0.3 is 0 Å². The second-order valence-corrected chi connectivity index (χ2v) is 7.37. The van der Waals surface area contributed by atoms with Gasteiger partial charge in [-0.3, -0.25) is 14.6 Å². The summed E-state index contributed by atoms with van der Waals surface area (Å²) >= 11 is 0. The molecule has 1 atom stereocenters. The lowest BCUT2D eigenvalue weighted by Gasteiger charge is -2.23. The van der Waals surface area contributed by atoms with E-state index in [9.17, 15) is 9.59 Å². The molecule has 2 aromatic heterocycles. The van der Waals surface area contributed by atoms with Gasteiger partial charge in [0.2, 0.25) is 0 Å². The Balaban J connectivity index is 1.63. The Bertz CT molecular complexity index is 1060. The molecule has 6 nitrogen and oxygen atoms in total. The Morgan fingerprint density at radius 2 is 2.18 bits per heavy atom. The molecule has 3 heterocycles. The number of anilines is 1. The quantitative estimate of drug-likeness (QED) is 0.734. The van der Waals surface area contributed by atoms with Gasteiger partial charge in [0.15, 0.2) is 0 Å². The summed E-state index contributed by atoms with van der Waals surface area (Å²) in [4.78, 5) is 30.3. The number of aryl methyl sites for hydroxylation is 1. The number of hydrogen-bond acceptors (Lipinski definition) is 4. The molecule has 1 fully saturated rings. The zero-order valence-corrected chi connectivity index (χ0v) is 15.9. The molecule has 6 heteroatoms. The Labute approximate surface area is 163 Å². The van der Waals surface area contributed by atoms with Crippen molar-refractivity contribution in [3.05, 3.63) is 70.3 Å². The molecule has 0 aliphatic carbocycles. The van der Waals surface area contributed by atoms with Crippen LogP contribution in [0.4, 0.5) is 5.69 Å². The number of rotatable bonds is 4. The van der Waals surface area contributed by atoms with E-state index in [0.29, 0.717) is 23.7 Å². The molecule has 0 bridgehead atoms. The molecule has 1 aliphatic rings. The maximum Gasteiger partial charge on any atom is 0.263 e. The van der Waals surface area contributed by atoms with Crippen molar-refractivity contribution < 1.29 is 4.79 Å². The summed E-state index contributed by atoms with van der Waals surface area (Å²) < 4.78 is 1.67. The molecule has 2 N–H and O–H groups in total. The highest BCUT2D eigenvalue weighted by molar-refractivity contribution is 6.09. The van der Waals surface area contributed by atoms with Crippen molar-refractivity contribution >= 4 is 22.5 Å². The first-order chi connectivity index (χ1) is 13.6. The summed E-state index contributed by atoms with van der Waals surface area (Å²) in [7, 11) is 0. The molecular formula is C22H24N4O2. The van der Waals surface area contributed by atoms with Crippen LogP contribution in [0.15, 0.2) is 53.6 Å². The van der Waals surface area contributed by atoms with Crippen LogP contribution in [0, 0.1) is 12.8 Å². The van der Waals surface area contributed by atoms with Gasteiger partial charge in [-0.1, -0.05) is 6.07 Å². The number of pyridine rings is 2. The van der Waals surface area contributed by atoms with Crippen molar-refractivity contribution in [1.29, 1.82) is 0 Å². The average Bonchev–Trinajstić information content (AvgIpc) is 2.71. The second kappa shape index (κ2) is 7.94. The summed E-state index contributed by atoms with van der Waals surface area (Å²) in [6.45, 7) is 4.37. The monoisotopic (exact) mass is 376 g/mol. The van der Waals surface area contributed by atoms with E-state index in [4.69, 9.17) is 0 Å². The molecule has 1 amide bonds. The predicted molar refractivity (Wildman–Crippen MR) is 111 cm³/mol. The normalized spacial score (nSPS) is 16.8. The van der Waals surface area contributed by atoms with Crippen LogP contribution in [-0.4, -0.2) is 28.5 Å². The summed E-state index contributed by atoms with van der Waals surface area (Å²) in [5.41, 5.74) is 2.10. The smallest absolute Gasteiger partial charge is 0.263 e. The molecule has 1 saturated heterocycles. The SMILES string of the molecule is Cc1ccn(CC2CCCNC2)c(=O)c1C(=O)Nc1cccc2ncccc12. The van der Waals surface area contributed by atoms with Crippen LogP contribution in [0.5, 0.6) is 0 Å². The summed E-state index contributed by atoms with van der Waals surface area (Å²) in [5, 5.41) is 7.13. The third-order valence-electron chi connectivity index (χ3n) is 5.35. The summed E-state index contributed by atoms with van der Waals surface area (Å²) in [5.74, 6) is 0.0316. The van der Waals surface area contributed by atoms with Crippen LogP contribution in [0.1, 0.15) is 28.8 Å². The maximum atomic E-state index is 13.0. The van der Waals surface area contributed by atoms with Crippen LogP contribution < -0.4 is 16.2 Å². The maximum absolute atomic E-state index is 13.0. The lowest BCUT2D eigenvalue weighted by Crippen LogP contribution is -2.36. The fourth-order valence-electron chi connectivity index (χ4n) is 3.84. The van der Waals surface area contributed by atoms with Gasteiger partial charge in [-0.25, -0.2) is 0 Å². The molecule has 28 heavy (non-hydrogen) atoms. The number of amides is 1. The minimum absolute atomic E-state index is 0.201. The molecule has 1 unspecified atom stereocenters. The molecule has 0 spiro atoms. The van der Waals surface area contributed by atoms with Gasteiger partial charge in [0, 0.05) is 24.3 Å². The van der Waals surface area contributed by atoms with E-state index in [0.717, 1.165) is 36.8 Å². The van der Waals surface area contributed by atoms with Crippen LogP contribution in [-0.2, 0) is 6.54 Å². The lowest BCUT2D eigenvalue weighted by atomic mass is 9.99. The highest BCUT2D eigenvalue weighted by Gasteiger charge is 2.19. The first-order valence-corrected chi connectivity index (χ1v) is 9.69. The molecule has 144 valence electrons. The number of fused-ring (bicyclic) bond motifs is 1. The highest BCUT2D eigenvalue weighted by atomic mass is 16.2. The van der Waals surface area contributed by atoms with E-state index in [1.165, 1.54) is 0 Å². The molecule has 1 aliphatic heterocycles. The van der Waals surface area contributed by atoms with Crippen molar-refractivity contribution in [2.75, 3.05) is 18.4 Å². The number of piperidine rings is 1. The van der Waals surface area contributed by atoms with Crippen LogP contribution >= 0.6 is 0 Å². The minimum Gasteiger partial charge on any atom is -0.321 e. The Hall–Kier alpha value is -2.99. The Morgan fingerprint density at radius 3 is 3.00 bits per heavy atom. The van der Waals surface area contributed by atoms with Crippen molar-refractivity contribution in [3.8, 4) is 0 Å². The van der Waals surface area contributed by atoms with Crippen LogP contribution in [0.2, 0.25) is 0 Å². The number of nitrogens with one attached hydrogen (secondary N) is 2. The second-order valence-electron chi connectivity index (χ2n) is 7.37. The fraction of sp³-hybridized carbons (Fsp3) is 0.318. The molecule has 0 radical (unpaired) electrons. The van der Waals surface area contributed by atoms with Crippen LogP contribution in [0.3, 0.4) is 0 Å². The zero-order valence-electron chi connectivity index (χ0n) is 15.9. The van der Waals surface area contributed by atoms with E-state index >= 15 is 0 Å². The first kappa shape index (κ1) is 18.4. The van der Waals surface area contributed by atoms with Crippen molar-refractivity contribution in [2.24, 2.45) is 5.92 Å². The molecule has 3 aromatic rings. The molecule has 4 rings (SSSR count). The van der Waals surface area contributed by atoms with E-state index in [1.807, 2.05) is 36.4 Å². The van der Waals surface area contributed by atoms with Gasteiger partial charge in [0.25, 0.3) is 11.5 Å². The van der Waals surface area contributed by atoms with Gasteiger partial charge in [-0.2, -0.15) is 0 Å². The molecule has 1 aromatic carbocycles. The third kappa shape index (κ3) is 3.68. The summed E-state index contributed by atoms with van der Waals surface area (Å²) in [6.07, 6.45) is 5.73. The zero-order chi connectivity index (χ0) is 19.5. The Morgan fingerprint density at radius 1 is 1.29 bits per heavy atom. The number of aromatic nitrogens is 2. The van der Waals surface area contributed by atoms with Gasteiger partial charge in [-0.05, 0) is 74.7 Å². The first-order valence-electron chi connectivity index (χ1n) is 9.69. The van der Waals surface area contributed by atoms with Gasteiger partial charge < -0.3 is 15.2 Å². The van der Waals surface area contributed by atoms with Crippen molar-refractivity contribution in [1.82, 2.24) is 14.9 Å². The van der Waals surface area contributed by atoms with E-state index in [2.05, 4.69) is 15.6 Å². The lowest BCUT2D eigenvalue weighted by molar-refractivity contribution is 0.102. The minimum atomic E-state index is -0.380. The number of benzene rings is 1. The fourth-order valence-corrected chi connectivity index (χ4v) is 3.84. The van der Waals surface area contributed by atoms with E-state index in [-0.39, 0.29) is 17.0 Å². The highest BCUT2D eigenvalue weighted by Crippen LogP contribution is 2.22. The molecular weight excluding hydrogens is 352 g/mol. The number of carbonyl (C=O) groups excluding carboxylic acids is 1. The van der Waals surface area contributed by atoms with E-state index in [1.54, 1.807) is 23.9 Å². The van der Waals surface area contributed by atoms with Gasteiger partial charge in [-0.15, -0.1) is 0 Å². The Kier molecular flexibility index (Phi) is 5.21. The van der Waals surface area contributed by atoms with Crippen molar-refractivity contribution in [2.45, 2.75) is 26.3 Å². The summed E-state index contributed by atoms with van der Waals surface area (Å²) in [6, 6.07) is 11.1. The predicted octanol–water partition coefficient (Wildman–Crippen LogP) is 2.96. The third-order valence-corrected chi connectivity index (χ3v) is 5.35. The van der Waals surface area contributed by atoms with Gasteiger partial charge in [0.05, 0.1) is 11.2 Å². The number of carbonyl (C=O) groups is 1. The van der Waals surface area contributed by atoms with Crippen molar-refractivity contribution in [3.63, 3.8) is 0 Å². The number of nitrogens with zero attached hydrogens (tertiary/aromatic N) is 2. The van der Waals surface area contributed by atoms with Crippen LogP contribution in [0.25, 0.3) is 10.9 Å². The largest absolute Gasteiger partial charge is 0.321 e. The number of hydrogen-bond donors (Lipinski definition) is 2. The average molecular weight is 376 g/mol. The van der Waals surface area contributed by atoms with E-state index < -0.39 is 0 Å². The molecule has 0 saturated carbocycles.